The fourth-order valence-corrected chi connectivity index (χ4v) is 5.64. The largest absolute Gasteiger partial charge is 0.414 e. The zero-order chi connectivity index (χ0) is 21.3. The molecule has 0 atom stereocenters. The van der Waals surface area contributed by atoms with Gasteiger partial charge in [0.05, 0.1) is 15.3 Å². The molecule has 0 saturated heterocycles. The van der Waals surface area contributed by atoms with Crippen LogP contribution in [0.3, 0.4) is 0 Å². The minimum atomic E-state index is -4.16. The molecule has 2 aromatic carbocycles. The molecule has 0 fully saturated rings. The molecule has 6 nitrogen and oxygen atoms in total. The fraction of sp³-hybridized carbons (Fsp3) is 0.333. The summed E-state index contributed by atoms with van der Waals surface area (Å²) in [6.07, 6.45) is 1.20. The van der Waals surface area contributed by atoms with Gasteiger partial charge in [-0.1, -0.05) is 51.2 Å². The van der Waals surface area contributed by atoms with Gasteiger partial charge in [-0.2, -0.15) is 0 Å². The summed E-state index contributed by atoms with van der Waals surface area (Å²) in [6, 6.07) is 9.87. The van der Waals surface area contributed by atoms with Crippen LogP contribution in [-0.2, 0) is 27.7 Å². The Balaban J connectivity index is 2.26. The van der Waals surface area contributed by atoms with Gasteiger partial charge in [-0.15, -0.1) is 0 Å². The van der Waals surface area contributed by atoms with E-state index >= 15 is 0 Å². The number of anilines is 1. The second kappa shape index (κ2) is 8.12. The Kier molecular flexibility index (Phi) is 5.95. The summed E-state index contributed by atoms with van der Waals surface area (Å²) in [5.41, 5.74) is 2.08. The SMILES string of the molecule is CCc1ccc(CC)c(S(=O)(=O)N(C(=O)C(C)C)c2ccc3oc(=O)sc3c2)c1. The number of hydrogen-bond acceptors (Lipinski definition) is 6. The lowest BCUT2D eigenvalue weighted by atomic mass is 10.1. The second-order valence-electron chi connectivity index (χ2n) is 7.00. The lowest BCUT2D eigenvalue weighted by Gasteiger charge is -2.25. The van der Waals surface area contributed by atoms with Gasteiger partial charge in [0.2, 0.25) is 5.91 Å². The molecule has 29 heavy (non-hydrogen) atoms. The molecule has 0 aliphatic carbocycles. The summed E-state index contributed by atoms with van der Waals surface area (Å²) in [6.45, 7) is 7.14. The molecule has 0 saturated carbocycles. The summed E-state index contributed by atoms with van der Waals surface area (Å²) in [5.74, 6) is -1.08. The van der Waals surface area contributed by atoms with Crippen molar-refractivity contribution in [3.8, 4) is 0 Å². The topological polar surface area (TPSA) is 84.7 Å². The van der Waals surface area contributed by atoms with Crippen molar-refractivity contribution in [2.24, 2.45) is 5.92 Å². The van der Waals surface area contributed by atoms with Crippen LogP contribution >= 0.6 is 11.3 Å². The predicted molar refractivity (Wildman–Crippen MR) is 115 cm³/mol. The van der Waals surface area contributed by atoms with Crippen molar-refractivity contribution in [1.29, 1.82) is 0 Å². The zero-order valence-corrected chi connectivity index (χ0v) is 18.4. The molecule has 1 aromatic heterocycles. The highest BCUT2D eigenvalue weighted by atomic mass is 32.2. The standard InChI is InChI=1S/C21H23NO5S2/c1-5-14-7-8-15(6-2)19(11-14)29(25,26)22(20(23)13(3)4)16-9-10-17-18(12-16)28-21(24)27-17/h7-13H,5-6H2,1-4H3. The summed E-state index contributed by atoms with van der Waals surface area (Å²) >= 11 is 0.869. The molecule has 0 spiro atoms. The summed E-state index contributed by atoms with van der Waals surface area (Å²) < 4.78 is 33.8. The molecule has 1 heterocycles. The number of carbonyl (C=O) groups excluding carboxylic acids is 1. The highest BCUT2D eigenvalue weighted by molar-refractivity contribution is 7.93. The molecule has 0 aliphatic rings. The first-order chi connectivity index (χ1) is 13.7. The quantitative estimate of drug-likeness (QED) is 0.577. The lowest BCUT2D eigenvalue weighted by Crippen LogP contribution is -2.40. The van der Waals surface area contributed by atoms with Gasteiger partial charge in [0.1, 0.15) is 5.58 Å². The third kappa shape index (κ3) is 4.00. The van der Waals surface area contributed by atoms with E-state index in [2.05, 4.69) is 0 Å². The maximum Gasteiger partial charge on any atom is 0.396 e. The van der Waals surface area contributed by atoms with Crippen molar-refractivity contribution in [3.05, 3.63) is 57.3 Å². The smallest absolute Gasteiger partial charge is 0.396 e. The van der Waals surface area contributed by atoms with Gasteiger partial charge < -0.3 is 4.42 Å². The van der Waals surface area contributed by atoms with Crippen LogP contribution < -0.4 is 9.24 Å². The van der Waals surface area contributed by atoms with E-state index in [-0.39, 0.29) is 10.6 Å². The number of benzene rings is 2. The maximum absolute atomic E-state index is 13.7. The van der Waals surface area contributed by atoms with E-state index in [1.54, 1.807) is 26.0 Å². The molecule has 154 valence electrons. The Morgan fingerprint density at radius 1 is 1.10 bits per heavy atom. The molecule has 0 aliphatic heterocycles. The molecular weight excluding hydrogens is 410 g/mol. The first-order valence-corrected chi connectivity index (χ1v) is 11.7. The number of rotatable bonds is 6. The van der Waals surface area contributed by atoms with Gasteiger partial charge in [-0.3, -0.25) is 4.79 Å². The molecule has 0 radical (unpaired) electrons. The number of carbonyl (C=O) groups is 1. The van der Waals surface area contributed by atoms with Crippen LogP contribution in [0.25, 0.3) is 10.3 Å². The summed E-state index contributed by atoms with van der Waals surface area (Å²) in [5, 5.41) is 0. The van der Waals surface area contributed by atoms with Crippen LogP contribution in [0.1, 0.15) is 38.8 Å². The first-order valence-electron chi connectivity index (χ1n) is 9.43. The molecular formula is C21H23NO5S2. The van der Waals surface area contributed by atoms with Crippen molar-refractivity contribution in [1.82, 2.24) is 0 Å². The summed E-state index contributed by atoms with van der Waals surface area (Å²) in [7, 11) is -4.16. The van der Waals surface area contributed by atoms with Crippen molar-refractivity contribution in [2.75, 3.05) is 4.31 Å². The van der Waals surface area contributed by atoms with Gasteiger partial charge >= 0.3 is 4.94 Å². The maximum atomic E-state index is 13.7. The zero-order valence-electron chi connectivity index (χ0n) is 16.8. The van der Waals surface area contributed by atoms with E-state index in [9.17, 15) is 18.0 Å². The van der Waals surface area contributed by atoms with Gasteiger partial charge in [0, 0.05) is 5.92 Å². The Labute approximate surface area is 173 Å². The molecule has 0 bridgehead atoms. The average Bonchev–Trinajstić information content (AvgIpc) is 3.06. The van der Waals surface area contributed by atoms with Gasteiger partial charge in [-0.25, -0.2) is 17.5 Å². The highest BCUT2D eigenvalue weighted by Crippen LogP contribution is 2.31. The molecule has 0 unspecified atom stereocenters. The van der Waals surface area contributed by atoms with Crippen LogP contribution in [0.5, 0.6) is 0 Å². The minimum absolute atomic E-state index is 0.133. The van der Waals surface area contributed by atoms with Crippen molar-refractivity contribution < 1.29 is 17.6 Å². The molecule has 8 heteroatoms. The van der Waals surface area contributed by atoms with Crippen LogP contribution in [0.4, 0.5) is 5.69 Å². The number of fused-ring (bicyclic) bond motifs is 1. The Morgan fingerprint density at radius 3 is 2.45 bits per heavy atom. The Morgan fingerprint density at radius 2 is 1.83 bits per heavy atom. The van der Waals surface area contributed by atoms with E-state index in [1.165, 1.54) is 18.2 Å². The minimum Gasteiger partial charge on any atom is -0.414 e. The third-order valence-corrected chi connectivity index (χ3v) is 7.28. The van der Waals surface area contributed by atoms with E-state index in [0.29, 0.717) is 28.7 Å². The number of hydrogen-bond donors (Lipinski definition) is 0. The van der Waals surface area contributed by atoms with Crippen LogP contribution in [-0.4, -0.2) is 14.3 Å². The fourth-order valence-electron chi connectivity index (χ4n) is 3.06. The number of amides is 1. The molecule has 1 amide bonds. The number of sulfonamides is 1. The van der Waals surface area contributed by atoms with E-state index in [4.69, 9.17) is 4.42 Å². The number of aryl methyl sites for hydroxylation is 2. The normalized spacial score (nSPS) is 11.9. The van der Waals surface area contributed by atoms with E-state index < -0.39 is 26.8 Å². The predicted octanol–water partition coefficient (Wildman–Crippen LogP) is 4.36. The summed E-state index contributed by atoms with van der Waals surface area (Å²) in [4.78, 5) is 24.2. The van der Waals surface area contributed by atoms with E-state index in [1.807, 2.05) is 19.9 Å². The van der Waals surface area contributed by atoms with Crippen LogP contribution in [0, 0.1) is 5.92 Å². The number of nitrogens with zero attached hydrogens (tertiary/aromatic N) is 1. The van der Waals surface area contributed by atoms with Crippen molar-refractivity contribution in [2.45, 2.75) is 45.4 Å². The monoisotopic (exact) mass is 433 g/mol. The van der Waals surface area contributed by atoms with Crippen LogP contribution in [0.2, 0.25) is 0 Å². The van der Waals surface area contributed by atoms with Gasteiger partial charge in [0.15, 0.2) is 0 Å². The molecule has 0 N–H and O–H groups in total. The van der Waals surface area contributed by atoms with Crippen LogP contribution in [0.15, 0.2) is 50.5 Å². The van der Waals surface area contributed by atoms with Crippen molar-refractivity contribution in [3.63, 3.8) is 0 Å². The Bertz CT molecular complexity index is 1220. The van der Waals surface area contributed by atoms with Crippen molar-refractivity contribution >= 4 is 43.2 Å². The Hall–Kier alpha value is -2.45. The second-order valence-corrected chi connectivity index (χ2v) is 9.73. The highest BCUT2D eigenvalue weighted by Gasteiger charge is 2.34. The third-order valence-electron chi connectivity index (χ3n) is 4.68. The lowest BCUT2D eigenvalue weighted by molar-refractivity contribution is -0.120. The van der Waals surface area contributed by atoms with Gasteiger partial charge in [0.25, 0.3) is 10.0 Å². The molecule has 3 rings (SSSR count). The molecule has 3 aromatic rings. The van der Waals surface area contributed by atoms with E-state index in [0.717, 1.165) is 21.2 Å². The average molecular weight is 434 g/mol. The van der Waals surface area contributed by atoms with Gasteiger partial charge in [-0.05, 0) is 48.2 Å². The first kappa shape index (κ1) is 21.3.